The summed E-state index contributed by atoms with van der Waals surface area (Å²) < 4.78 is 5.55. The third-order valence-electron chi connectivity index (χ3n) is 3.94. The van der Waals surface area contributed by atoms with Crippen molar-refractivity contribution in [2.24, 2.45) is 0 Å². The van der Waals surface area contributed by atoms with Gasteiger partial charge in [-0.3, -0.25) is 9.59 Å². The molecule has 2 aromatic carbocycles. The van der Waals surface area contributed by atoms with Crippen LogP contribution in [-0.4, -0.2) is 17.9 Å². The van der Waals surface area contributed by atoms with Crippen molar-refractivity contribution in [3.05, 3.63) is 65.9 Å². The molecule has 0 aliphatic heterocycles. The van der Waals surface area contributed by atoms with Crippen LogP contribution in [0.15, 0.2) is 59.0 Å². The van der Waals surface area contributed by atoms with Gasteiger partial charge in [0.1, 0.15) is 5.58 Å². The summed E-state index contributed by atoms with van der Waals surface area (Å²) in [5.41, 5.74) is 1.76. The predicted octanol–water partition coefficient (Wildman–Crippen LogP) is 3.58. The first kappa shape index (κ1) is 14.5. The second-order valence-corrected chi connectivity index (χ2v) is 5.93. The Morgan fingerprint density at radius 3 is 2.58 bits per heavy atom. The minimum absolute atomic E-state index is 0.114. The number of amides is 2. The molecule has 0 saturated heterocycles. The summed E-state index contributed by atoms with van der Waals surface area (Å²) in [7, 11) is 0. The van der Waals surface area contributed by atoms with Gasteiger partial charge in [0.25, 0.3) is 11.8 Å². The zero-order chi connectivity index (χ0) is 16.5. The van der Waals surface area contributed by atoms with Crippen LogP contribution in [0.5, 0.6) is 0 Å². The van der Waals surface area contributed by atoms with E-state index < -0.39 is 0 Å². The molecule has 1 saturated carbocycles. The van der Waals surface area contributed by atoms with Gasteiger partial charge in [0.2, 0.25) is 0 Å². The molecular formula is C19H16N2O3. The van der Waals surface area contributed by atoms with Gasteiger partial charge in [-0.05, 0) is 43.2 Å². The highest BCUT2D eigenvalue weighted by atomic mass is 16.3. The highest BCUT2D eigenvalue weighted by Gasteiger charge is 2.23. The van der Waals surface area contributed by atoms with Crippen LogP contribution in [0.3, 0.4) is 0 Å². The number of carbonyl (C=O) groups is 2. The van der Waals surface area contributed by atoms with Gasteiger partial charge < -0.3 is 15.1 Å². The molecular weight excluding hydrogens is 304 g/mol. The second kappa shape index (κ2) is 5.85. The maximum absolute atomic E-state index is 12.3. The maximum Gasteiger partial charge on any atom is 0.291 e. The quantitative estimate of drug-likeness (QED) is 0.772. The lowest BCUT2D eigenvalue weighted by Gasteiger charge is -2.07. The van der Waals surface area contributed by atoms with Gasteiger partial charge in [0.15, 0.2) is 5.76 Å². The third-order valence-corrected chi connectivity index (χ3v) is 3.94. The number of rotatable bonds is 4. The van der Waals surface area contributed by atoms with Crippen LogP contribution >= 0.6 is 0 Å². The molecule has 1 aliphatic rings. The van der Waals surface area contributed by atoms with Crippen LogP contribution in [-0.2, 0) is 0 Å². The van der Waals surface area contributed by atoms with E-state index >= 15 is 0 Å². The summed E-state index contributed by atoms with van der Waals surface area (Å²) in [6.45, 7) is 0. The van der Waals surface area contributed by atoms with E-state index in [1.165, 1.54) is 0 Å². The van der Waals surface area contributed by atoms with Gasteiger partial charge in [0, 0.05) is 22.7 Å². The molecule has 0 atom stereocenters. The molecule has 2 amide bonds. The van der Waals surface area contributed by atoms with E-state index in [0.29, 0.717) is 22.9 Å². The van der Waals surface area contributed by atoms with E-state index in [0.717, 1.165) is 18.2 Å². The molecule has 1 aliphatic carbocycles. The van der Waals surface area contributed by atoms with E-state index in [-0.39, 0.29) is 17.6 Å². The van der Waals surface area contributed by atoms with E-state index in [2.05, 4.69) is 10.6 Å². The summed E-state index contributed by atoms with van der Waals surface area (Å²) >= 11 is 0. The van der Waals surface area contributed by atoms with Crippen LogP contribution in [0.2, 0.25) is 0 Å². The van der Waals surface area contributed by atoms with Crippen molar-refractivity contribution in [1.29, 1.82) is 0 Å². The van der Waals surface area contributed by atoms with E-state index in [1.54, 1.807) is 30.3 Å². The fraction of sp³-hybridized carbons (Fsp3) is 0.158. The van der Waals surface area contributed by atoms with E-state index in [1.807, 2.05) is 24.3 Å². The van der Waals surface area contributed by atoms with Crippen LogP contribution < -0.4 is 10.6 Å². The lowest BCUT2D eigenvalue weighted by Crippen LogP contribution is -2.25. The average Bonchev–Trinajstić information content (AvgIpc) is 3.29. The Labute approximate surface area is 138 Å². The van der Waals surface area contributed by atoms with Crippen molar-refractivity contribution in [2.45, 2.75) is 18.9 Å². The topological polar surface area (TPSA) is 71.3 Å². The zero-order valence-corrected chi connectivity index (χ0v) is 12.9. The Hall–Kier alpha value is -3.08. The Balaban J connectivity index is 1.51. The summed E-state index contributed by atoms with van der Waals surface area (Å²) in [6, 6.07) is 16.3. The molecule has 120 valence electrons. The van der Waals surface area contributed by atoms with Crippen LogP contribution in [0.25, 0.3) is 11.0 Å². The number of fused-ring (bicyclic) bond motifs is 1. The molecule has 5 heteroatoms. The number of para-hydroxylation sites is 1. The van der Waals surface area contributed by atoms with Crippen LogP contribution in [0.1, 0.15) is 33.8 Å². The molecule has 0 radical (unpaired) electrons. The lowest BCUT2D eigenvalue weighted by atomic mass is 10.2. The molecule has 2 N–H and O–H groups in total. The second-order valence-electron chi connectivity index (χ2n) is 5.93. The number of furan rings is 1. The summed E-state index contributed by atoms with van der Waals surface area (Å²) in [5.74, 6) is -0.215. The molecule has 0 unspecified atom stereocenters. The minimum atomic E-state index is -0.342. The number of benzene rings is 2. The predicted molar refractivity (Wildman–Crippen MR) is 91.1 cm³/mol. The van der Waals surface area contributed by atoms with Gasteiger partial charge in [-0.15, -0.1) is 0 Å². The standard InChI is InChI=1S/C19H16N2O3/c22-18(20-14-8-9-14)13-5-3-6-15(10-13)21-19(23)17-11-12-4-1-2-7-16(12)24-17/h1-7,10-11,14H,8-9H2,(H,20,22)(H,21,23). The minimum Gasteiger partial charge on any atom is -0.451 e. The van der Waals surface area contributed by atoms with E-state index in [9.17, 15) is 9.59 Å². The number of nitrogens with one attached hydrogen (secondary N) is 2. The molecule has 1 fully saturated rings. The smallest absolute Gasteiger partial charge is 0.291 e. The molecule has 3 aromatic rings. The Kier molecular flexibility index (Phi) is 3.54. The van der Waals surface area contributed by atoms with Crippen LogP contribution in [0, 0.1) is 0 Å². The van der Waals surface area contributed by atoms with Gasteiger partial charge >= 0.3 is 0 Å². The van der Waals surface area contributed by atoms with Crippen molar-refractivity contribution in [3.8, 4) is 0 Å². The van der Waals surface area contributed by atoms with E-state index in [4.69, 9.17) is 4.42 Å². The molecule has 5 nitrogen and oxygen atoms in total. The molecule has 24 heavy (non-hydrogen) atoms. The number of hydrogen-bond donors (Lipinski definition) is 2. The zero-order valence-electron chi connectivity index (χ0n) is 12.9. The van der Waals surface area contributed by atoms with Crippen molar-refractivity contribution >= 4 is 28.5 Å². The molecule has 1 aromatic heterocycles. The van der Waals surface area contributed by atoms with Gasteiger partial charge in [-0.1, -0.05) is 24.3 Å². The van der Waals surface area contributed by atoms with Crippen molar-refractivity contribution in [2.75, 3.05) is 5.32 Å². The SMILES string of the molecule is O=C(NC1CC1)c1cccc(NC(=O)c2cc3ccccc3o2)c1. The molecule has 4 rings (SSSR count). The Morgan fingerprint density at radius 2 is 1.79 bits per heavy atom. The summed E-state index contributed by atoms with van der Waals surface area (Å²) in [4.78, 5) is 24.4. The number of anilines is 1. The molecule has 1 heterocycles. The fourth-order valence-corrected chi connectivity index (χ4v) is 2.52. The van der Waals surface area contributed by atoms with Crippen LogP contribution in [0.4, 0.5) is 5.69 Å². The highest BCUT2D eigenvalue weighted by molar-refractivity contribution is 6.05. The highest BCUT2D eigenvalue weighted by Crippen LogP contribution is 2.21. The van der Waals surface area contributed by atoms with Gasteiger partial charge in [-0.2, -0.15) is 0 Å². The summed E-state index contributed by atoms with van der Waals surface area (Å²) in [6.07, 6.45) is 2.07. The Morgan fingerprint density at radius 1 is 0.958 bits per heavy atom. The number of carbonyl (C=O) groups excluding carboxylic acids is 2. The third kappa shape index (κ3) is 3.01. The first-order valence-electron chi connectivity index (χ1n) is 7.90. The van der Waals surface area contributed by atoms with Crippen molar-refractivity contribution < 1.29 is 14.0 Å². The normalized spacial score (nSPS) is 13.7. The average molecular weight is 320 g/mol. The van der Waals surface area contributed by atoms with Gasteiger partial charge in [0.05, 0.1) is 0 Å². The summed E-state index contributed by atoms with van der Waals surface area (Å²) in [5, 5.41) is 6.58. The van der Waals surface area contributed by atoms with Gasteiger partial charge in [-0.25, -0.2) is 0 Å². The number of hydrogen-bond acceptors (Lipinski definition) is 3. The Bertz CT molecular complexity index is 892. The fourth-order valence-electron chi connectivity index (χ4n) is 2.52. The molecule has 0 spiro atoms. The van der Waals surface area contributed by atoms with Crippen molar-refractivity contribution in [3.63, 3.8) is 0 Å². The molecule has 0 bridgehead atoms. The monoisotopic (exact) mass is 320 g/mol. The lowest BCUT2D eigenvalue weighted by molar-refractivity contribution is 0.0949. The largest absolute Gasteiger partial charge is 0.451 e. The maximum atomic E-state index is 12.3. The first-order chi connectivity index (χ1) is 11.7. The first-order valence-corrected chi connectivity index (χ1v) is 7.90. The van der Waals surface area contributed by atoms with Crippen molar-refractivity contribution in [1.82, 2.24) is 5.32 Å².